The van der Waals surface area contributed by atoms with Gasteiger partial charge in [-0.2, -0.15) is 0 Å². The Morgan fingerprint density at radius 2 is 1.90 bits per heavy atom. The molecular weight excluding hydrogens is 275 g/mol. The van der Waals surface area contributed by atoms with Crippen molar-refractivity contribution in [3.05, 3.63) is 69.5 Å². The van der Waals surface area contributed by atoms with Gasteiger partial charge in [0.25, 0.3) is 0 Å². The predicted octanol–water partition coefficient (Wildman–Crippen LogP) is 4.24. The van der Waals surface area contributed by atoms with E-state index in [1.165, 1.54) is 6.07 Å². The summed E-state index contributed by atoms with van der Waals surface area (Å²) in [6.07, 6.45) is 0.0711. The van der Waals surface area contributed by atoms with Crippen molar-refractivity contribution in [1.82, 2.24) is 0 Å². The second kappa shape index (κ2) is 6.38. The van der Waals surface area contributed by atoms with E-state index in [9.17, 15) is 9.50 Å². The molecule has 0 aliphatic rings. The molecule has 0 bridgehead atoms. The molecule has 0 saturated heterocycles. The minimum absolute atomic E-state index is 0.221. The van der Waals surface area contributed by atoms with Gasteiger partial charge in [-0.15, -0.1) is 0 Å². The third kappa shape index (κ3) is 3.59. The van der Waals surface area contributed by atoms with Gasteiger partial charge in [0.05, 0.1) is 6.10 Å². The first-order valence-electron chi connectivity index (χ1n) is 6.64. The smallest absolute Gasteiger partial charge is 0.127 e. The van der Waals surface area contributed by atoms with Crippen molar-refractivity contribution in [2.24, 2.45) is 0 Å². The van der Waals surface area contributed by atoms with Crippen LogP contribution in [0.1, 0.15) is 22.3 Å². The second-order valence-corrected chi connectivity index (χ2v) is 5.60. The topological polar surface area (TPSA) is 20.2 Å². The number of halogens is 2. The first kappa shape index (κ1) is 15.0. The zero-order chi connectivity index (χ0) is 14.7. The standard InChI is InChI=1S/C17H18ClFO/c1-11-6-7-12(2)13(8-11)9-14(20)10-15-16(18)4-3-5-17(15)19/h3-8,14,20H,9-10H2,1-2H3. The molecule has 1 N–H and O–H groups in total. The van der Waals surface area contributed by atoms with Crippen molar-refractivity contribution in [1.29, 1.82) is 0 Å². The largest absolute Gasteiger partial charge is 0.392 e. The van der Waals surface area contributed by atoms with Crippen LogP contribution >= 0.6 is 11.6 Å². The summed E-state index contributed by atoms with van der Waals surface area (Å²) in [6, 6.07) is 10.7. The van der Waals surface area contributed by atoms with Gasteiger partial charge in [0.15, 0.2) is 0 Å². The Morgan fingerprint density at radius 3 is 2.60 bits per heavy atom. The fraction of sp³-hybridized carbons (Fsp3) is 0.294. The highest BCUT2D eigenvalue weighted by Crippen LogP contribution is 2.22. The number of aliphatic hydroxyl groups is 1. The monoisotopic (exact) mass is 292 g/mol. The molecule has 1 nitrogen and oxygen atoms in total. The van der Waals surface area contributed by atoms with Crippen molar-refractivity contribution >= 4 is 11.6 Å². The van der Waals surface area contributed by atoms with Gasteiger partial charge in [0.2, 0.25) is 0 Å². The van der Waals surface area contributed by atoms with E-state index in [0.29, 0.717) is 17.0 Å². The van der Waals surface area contributed by atoms with Crippen LogP contribution in [0, 0.1) is 19.7 Å². The predicted molar refractivity (Wildman–Crippen MR) is 80.7 cm³/mol. The molecule has 1 unspecified atom stereocenters. The van der Waals surface area contributed by atoms with Gasteiger partial charge in [0.1, 0.15) is 5.82 Å². The summed E-state index contributed by atoms with van der Waals surface area (Å²) in [5, 5.41) is 10.6. The molecule has 2 aromatic rings. The van der Waals surface area contributed by atoms with E-state index in [2.05, 4.69) is 6.07 Å². The molecule has 0 saturated carbocycles. The minimum Gasteiger partial charge on any atom is -0.392 e. The normalized spacial score (nSPS) is 12.4. The van der Waals surface area contributed by atoms with Crippen molar-refractivity contribution < 1.29 is 9.50 Å². The average molecular weight is 293 g/mol. The number of hydrogen-bond donors (Lipinski definition) is 1. The van der Waals surface area contributed by atoms with E-state index in [0.717, 1.165) is 16.7 Å². The van der Waals surface area contributed by atoms with Gasteiger partial charge in [-0.25, -0.2) is 4.39 Å². The molecule has 0 aliphatic heterocycles. The lowest BCUT2D eigenvalue weighted by Gasteiger charge is -2.14. The lowest BCUT2D eigenvalue weighted by molar-refractivity contribution is 0.174. The maximum absolute atomic E-state index is 13.7. The highest BCUT2D eigenvalue weighted by Gasteiger charge is 2.14. The van der Waals surface area contributed by atoms with Gasteiger partial charge in [0, 0.05) is 17.0 Å². The van der Waals surface area contributed by atoms with Crippen molar-refractivity contribution in [3.8, 4) is 0 Å². The highest BCUT2D eigenvalue weighted by atomic mass is 35.5. The number of aliphatic hydroxyl groups excluding tert-OH is 1. The average Bonchev–Trinajstić information content (AvgIpc) is 2.38. The van der Waals surface area contributed by atoms with Gasteiger partial charge in [-0.3, -0.25) is 0 Å². The van der Waals surface area contributed by atoms with Crippen LogP contribution < -0.4 is 0 Å². The van der Waals surface area contributed by atoms with Crippen LogP contribution in [0.4, 0.5) is 4.39 Å². The zero-order valence-corrected chi connectivity index (χ0v) is 12.4. The number of rotatable bonds is 4. The van der Waals surface area contributed by atoms with E-state index < -0.39 is 6.10 Å². The molecule has 0 aliphatic carbocycles. The SMILES string of the molecule is Cc1ccc(C)c(CC(O)Cc2c(F)cccc2Cl)c1. The summed E-state index contributed by atoms with van der Waals surface area (Å²) in [5.74, 6) is -0.363. The Hall–Kier alpha value is -1.38. The number of hydrogen-bond acceptors (Lipinski definition) is 1. The zero-order valence-electron chi connectivity index (χ0n) is 11.7. The van der Waals surface area contributed by atoms with Crippen LogP contribution in [0.15, 0.2) is 36.4 Å². The third-order valence-corrected chi connectivity index (χ3v) is 3.82. The highest BCUT2D eigenvalue weighted by molar-refractivity contribution is 6.31. The van der Waals surface area contributed by atoms with E-state index in [4.69, 9.17) is 11.6 Å². The first-order valence-corrected chi connectivity index (χ1v) is 7.02. The van der Waals surface area contributed by atoms with Crippen LogP contribution in [0.5, 0.6) is 0 Å². The molecule has 3 heteroatoms. The molecule has 0 amide bonds. The molecule has 20 heavy (non-hydrogen) atoms. The molecule has 0 heterocycles. The van der Waals surface area contributed by atoms with E-state index in [1.807, 2.05) is 26.0 Å². The number of aryl methyl sites for hydroxylation is 2. The van der Waals surface area contributed by atoms with Gasteiger partial charge < -0.3 is 5.11 Å². The Bertz CT molecular complexity index is 590. The summed E-state index contributed by atoms with van der Waals surface area (Å²) in [6.45, 7) is 4.03. The van der Waals surface area contributed by atoms with E-state index in [-0.39, 0.29) is 12.2 Å². The first-order chi connectivity index (χ1) is 9.47. The third-order valence-electron chi connectivity index (χ3n) is 3.46. The lowest BCUT2D eigenvalue weighted by Crippen LogP contribution is -2.16. The molecule has 2 aromatic carbocycles. The quantitative estimate of drug-likeness (QED) is 0.893. The van der Waals surface area contributed by atoms with Gasteiger partial charge in [-0.1, -0.05) is 41.4 Å². The fourth-order valence-electron chi connectivity index (χ4n) is 2.31. The fourth-order valence-corrected chi connectivity index (χ4v) is 2.55. The van der Waals surface area contributed by atoms with E-state index >= 15 is 0 Å². The minimum atomic E-state index is -0.648. The van der Waals surface area contributed by atoms with Crippen LogP contribution in [-0.2, 0) is 12.8 Å². The van der Waals surface area contributed by atoms with Gasteiger partial charge in [-0.05, 0) is 43.5 Å². The summed E-state index contributed by atoms with van der Waals surface area (Å²) in [5.41, 5.74) is 3.76. The molecule has 0 fully saturated rings. The molecule has 106 valence electrons. The molecule has 0 radical (unpaired) electrons. The summed E-state index contributed by atoms with van der Waals surface area (Å²) < 4.78 is 13.7. The van der Waals surface area contributed by atoms with Crippen molar-refractivity contribution in [3.63, 3.8) is 0 Å². The van der Waals surface area contributed by atoms with Crippen LogP contribution in [0.25, 0.3) is 0 Å². The van der Waals surface area contributed by atoms with Crippen molar-refractivity contribution in [2.45, 2.75) is 32.8 Å². The van der Waals surface area contributed by atoms with Crippen molar-refractivity contribution in [2.75, 3.05) is 0 Å². The maximum Gasteiger partial charge on any atom is 0.127 e. The van der Waals surface area contributed by atoms with Crippen LogP contribution in [0.2, 0.25) is 5.02 Å². The summed E-state index contributed by atoms with van der Waals surface area (Å²) in [4.78, 5) is 0. The Balaban J connectivity index is 2.13. The lowest BCUT2D eigenvalue weighted by atomic mass is 9.97. The molecular formula is C17H18ClFO. The number of benzene rings is 2. The van der Waals surface area contributed by atoms with Crippen LogP contribution in [0.3, 0.4) is 0 Å². The summed E-state index contributed by atoms with van der Waals surface area (Å²) in [7, 11) is 0. The molecule has 0 aromatic heterocycles. The second-order valence-electron chi connectivity index (χ2n) is 5.19. The molecule has 0 spiro atoms. The molecule has 1 atom stereocenters. The Morgan fingerprint density at radius 1 is 1.15 bits per heavy atom. The molecule has 2 rings (SSSR count). The Labute approximate surface area is 124 Å². The van der Waals surface area contributed by atoms with Gasteiger partial charge >= 0.3 is 0 Å². The van der Waals surface area contributed by atoms with Crippen LogP contribution in [-0.4, -0.2) is 11.2 Å². The maximum atomic E-state index is 13.7. The summed E-state index contributed by atoms with van der Waals surface area (Å²) >= 11 is 5.98. The Kier molecular flexibility index (Phi) is 4.79. The van der Waals surface area contributed by atoms with E-state index in [1.54, 1.807) is 12.1 Å².